The summed E-state index contributed by atoms with van der Waals surface area (Å²) >= 11 is 14.1. The quantitative estimate of drug-likeness (QED) is 0.153. The number of halogens is 2. The van der Waals surface area contributed by atoms with Crippen LogP contribution in [0.2, 0.25) is 10.0 Å². The van der Waals surface area contributed by atoms with Gasteiger partial charge in [0.05, 0.1) is 22.2 Å². The summed E-state index contributed by atoms with van der Waals surface area (Å²) in [7, 11) is 2.18. The van der Waals surface area contributed by atoms with Crippen molar-refractivity contribution < 1.29 is 14.2 Å². The molecule has 0 amide bonds. The zero-order valence-corrected chi connectivity index (χ0v) is 31.1. The van der Waals surface area contributed by atoms with Gasteiger partial charge in [0.15, 0.2) is 0 Å². The van der Waals surface area contributed by atoms with Gasteiger partial charge in [-0.05, 0) is 100 Å². The Hall–Kier alpha value is -3.80. The number of piperidine rings is 2. The van der Waals surface area contributed by atoms with Crippen LogP contribution in [0.15, 0.2) is 67.0 Å². The average Bonchev–Trinajstić information content (AvgIpc) is 3.55. The van der Waals surface area contributed by atoms with Crippen LogP contribution in [0.4, 0.5) is 0 Å². The molecule has 9 heteroatoms. The molecule has 3 aromatic carbocycles. The first-order valence-corrected chi connectivity index (χ1v) is 19.0. The molecule has 4 aromatic rings. The molecule has 2 unspecified atom stereocenters. The number of hydrogen-bond donors (Lipinski definition) is 0. The zero-order valence-electron chi connectivity index (χ0n) is 29.5. The van der Waals surface area contributed by atoms with Crippen LogP contribution in [-0.4, -0.2) is 54.1 Å². The van der Waals surface area contributed by atoms with Crippen molar-refractivity contribution in [1.82, 2.24) is 14.8 Å². The number of nitrogens with zero attached hydrogens (tertiary/aromatic N) is 4. The molecule has 2 fully saturated rings. The Morgan fingerprint density at radius 2 is 1.76 bits per heavy atom. The second-order valence-electron chi connectivity index (χ2n) is 14.4. The van der Waals surface area contributed by atoms with E-state index < -0.39 is 0 Å². The summed E-state index contributed by atoms with van der Waals surface area (Å²) in [5.74, 6) is 2.56. The number of ether oxygens (including phenoxy) is 3. The fourth-order valence-corrected chi connectivity index (χ4v) is 8.43. The van der Waals surface area contributed by atoms with Crippen LogP contribution in [0.3, 0.4) is 0 Å². The van der Waals surface area contributed by atoms with Gasteiger partial charge in [-0.2, -0.15) is 5.26 Å². The topological polar surface area (TPSA) is 70.8 Å². The monoisotopic (exact) mass is 724 g/mol. The van der Waals surface area contributed by atoms with E-state index in [0.717, 1.165) is 78.3 Å². The van der Waals surface area contributed by atoms with Crippen LogP contribution in [0, 0.1) is 17.2 Å². The summed E-state index contributed by atoms with van der Waals surface area (Å²) in [4.78, 5) is 9.08. The van der Waals surface area contributed by atoms with Crippen LogP contribution in [0.5, 0.6) is 17.2 Å². The predicted octanol–water partition coefficient (Wildman–Crippen LogP) is 9.67. The SMILES string of the molecule is C[C@@H]1CCCCN1Cc1cc(Cl)c(OC2CCc3c(-c4cccc(OCC5CCCN(C)C5)c4Cl)cccc32)cc1OCc1cncc(C#N)c1. The minimum atomic E-state index is -0.170. The van der Waals surface area contributed by atoms with Gasteiger partial charge in [-0.3, -0.25) is 9.88 Å². The lowest BCUT2D eigenvalue weighted by Gasteiger charge is -2.33. The largest absolute Gasteiger partial charge is 0.492 e. The molecule has 1 aromatic heterocycles. The lowest BCUT2D eigenvalue weighted by molar-refractivity contribution is 0.150. The zero-order chi connectivity index (χ0) is 35.3. The van der Waals surface area contributed by atoms with E-state index in [0.29, 0.717) is 39.9 Å². The van der Waals surface area contributed by atoms with Crippen molar-refractivity contribution in [2.24, 2.45) is 5.92 Å². The Morgan fingerprint density at radius 3 is 2.61 bits per heavy atom. The molecule has 51 heavy (non-hydrogen) atoms. The van der Waals surface area contributed by atoms with E-state index in [2.05, 4.69) is 59.1 Å². The summed E-state index contributed by atoms with van der Waals surface area (Å²) in [5, 5.41) is 10.6. The summed E-state index contributed by atoms with van der Waals surface area (Å²) in [5.41, 5.74) is 6.83. The summed E-state index contributed by atoms with van der Waals surface area (Å²) in [6, 6.07) is 20.9. The molecular weight excluding hydrogens is 679 g/mol. The number of benzene rings is 3. The Labute approximate surface area is 312 Å². The van der Waals surface area contributed by atoms with Gasteiger partial charge >= 0.3 is 0 Å². The maximum atomic E-state index is 9.37. The molecule has 0 spiro atoms. The lowest BCUT2D eigenvalue weighted by Crippen LogP contribution is -2.36. The second kappa shape index (κ2) is 16.3. The van der Waals surface area contributed by atoms with E-state index in [1.54, 1.807) is 12.4 Å². The molecule has 2 aliphatic heterocycles. The highest BCUT2D eigenvalue weighted by molar-refractivity contribution is 6.35. The second-order valence-corrected chi connectivity index (χ2v) is 15.2. The minimum absolute atomic E-state index is 0.170. The maximum absolute atomic E-state index is 9.37. The lowest BCUT2D eigenvalue weighted by atomic mass is 9.96. The van der Waals surface area contributed by atoms with Crippen molar-refractivity contribution in [2.75, 3.05) is 33.3 Å². The minimum Gasteiger partial charge on any atom is -0.492 e. The highest BCUT2D eigenvalue weighted by Gasteiger charge is 2.29. The van der Waals surface area contributed by atoms with Crippen LogP contribution in [0.1, 0.15) is 79.4 Å². The highest BCUT2D eigenvalue weighted by atomic mass is 35.5. The van der Waals surface area contributed by atoms with Crippen molar-refractivity contribution in [3.05, 3.63) is 105 Å². The Balaban J connectivity index is 1.12. The van der Waals surface area contributed by atoms with Crippen molar-refractivity contribution in [2.45, 2.75) is 77.2 Å². The first-order valence-electron chi connectivity index (χ1n) is 18.3. The first-order chi connectivity index (χ1) is 24.9. The fourth-order valence-electron chi connectivity index (χ4n) is 7.92. The molecule has 1 aliphatic carbocycles. The number of fused-ring (bicyclic) bond motifs is 1. The molecule has 3 heterocycles. The highest BCUT2D eigenvalue weighted by Crippen LogP contribution is 2.45. The van der Waals surface area contributed by atoms with E-state index in [1.807, 2.05) is 30.3 Å². The third kappa shape index (κ3) is 8.31. The average molecular weight is 726 g/mol. The van der Waals surface area contributed by atoms with Crippen molar-refractivity contribution in [3.8, 4) is 34.4 Å². The molecule has 0 bridgehead atoms. The van der Waals surface area contributed by atoms with Gasteiger partial charge in [0, 0.05) is 60.2 Å². The Kier molecular flexibility index (Phi) is 11.3. The third-order valence-corrected chi connectivity index (χ3v) is 11.4. The smallest absolute Gasteiger partial charge is 0.142 e. The van der Waals surface area contributed by atoms with Crippen LogP contribution >= 0.6 is 23.2 Å². The van der Waals surface area contributed by atoms with Crippen LogP contribution < -0.4 is 14.2 Å². The molecular formula is C42H46Cl2N4O3. The molecule has 7 rings (SSSR count). The molecule has 0 saturated carbocycles. The molecule has 0 radical (unpaired) electrons. The van der Waals surface area contributed by atoms with Gasteiger partial charge in [-0.25, -0.2) is 0 Å². The van der Waals surface area contributed by atoms with Crippen LogP contribution in [0.25, 0.3) is 11.1 Å². The number of hydrogen-bond acceptors (Lipinski definition) is 7. The standard InChI is InChI=1S/C42H46Cl2N4O3/c1-28-8-3-4-17-48(28)25-32-19-37(43)41(20-40(32)50-27-31-18-30(21-45)22-46-23-31)51-38-15-14-34-33(10-5-11-35(34)38)36-12-6-13-39(42(36)44)49-26-29-9-7-16-47(2)24-29/h5-6,10-13,18-20,22-23,28-29,38H,3-4,7-9,14-17,24-27H2,1-2H3/t28-,29?,38?/m1/s1. The molecule has 7 nitrogen and oxygen atoms in total. The third-order valence-electron chi connectivity index (χ3n) is 10.7. The van der Waals surface area contributed by atoms with Gasteiger partial charge in [0.25, 0.3) is 0 Å². The van der Waals surface area contributed by atoms with Gasteiger partial charge in [-0.15, -0.1) is 0 Å². The number of likely N-dealkylation sites (tertiary alicyclic amines) is 2. The van der Waals surface area contributed by atoms with E-state index in [-0.39, 0.29) is 12.7 Å². The molecule has 3 atom stereocenters. The van der Waals surface area contributed by atoms with Gasteiger partial charge in [0.1, 0.15) is 36.0 Å². The number of nitriles is 1. The van der Waals surface area contributed by atoms with Crippen LogP contribution in [-0.2, 0) is 19.6 Å². The number of pyridine rings is 1. The molecule has 3 aliphatic rings. The summed E-state index contributed by atoms with van der Waals surface area (Å²) in [6.45, 7) is 7.23. The van der Waals surface area contributed by atoms with E-state index in [9.17, 15) is 5.26 Å². The van der Waals surface area contributed by atoms with E-state index in [1.165, 1.54) is 37.7 Å². The summed E-state index contributed by atoms with van der Waals surface area (Å²) < 4.78 is 19.5. The number of rotatable bonds is 11. The van der Waals surface area contributed by atoms with Crippen molar-refractivity contribution in [3.63, 3.8) is 0 Å². The predicted molar refractivity (Wildman–Crippen MR) is 203 cm³/mol. The molecule has 0 N–H and O–H groups in total. The first kappa shape index (κ1) is 35.6. The molecule has 266 valence electrons. The van der Waals surface area contributed by atoms with Gasteiger partial charge in [0.2, 0.25) is 0 Å². The van der Waals surface area contributed by atoms with Gasteiger partial charge < -0.3 is 19.1 Å². The van der Waals surface area contributed by atoms with E-state index in [4.69, 9.17) is 37.4 Å². The van der Waals surface area contributed by atoms with E-state index >= 15 is 0 Å². The van der Waals surface area contributed by atoms with Gasteiger partial charge in [-0.1, -0.05) is 60.0 Å². The summed E-state index contributed by atoms with van der Waals surface area (Å²) in [6.07, 6.45) is 10.8. The van der Waals surface area contributed by atoms with Crippen molar-refractivity contribution in [1.29, 1.82) is 5.26 Å². The number of aromatic nitrogens is 1. The normalized spacial score (nSPS) is 20.8. The Morgan fingerprint density at radius 1 is 0.902 bits per heavy atom. The fraction of sp³-hybridized carbons (Fsp3) is 0.429. The van der Waals surface area contributed by atoms with Crippen molar-refractivity contribution >= 4 is 23.2 Å². The maximum Gasteiger partial charge on any atom is 0.142 e. The molecule has 2 saturated heterocycles. The Bertz CT molecular complexity index is 1890.